The van der Waals surface area contributed by atoms with E-state index in [9.17, 15) is 0 Å². The summed E-state index contributed by atoms with van der Waals surface area (Å²) < 4.78 is 0. The predicted octanol–water partition coefficient (Wildman–Crippen LogP) is 2.60. The standard InChI is InChI=1S/C16H27.Li/c1-3-5-7-11-15-13-9-10-14-16(15)12-8-6-4-2;/h11H,3-10,13-14H2,1-2H3;/q-1;+1/b15-11+;. The van der Waals surface area contributed by atoms with Crippen molar-refractivity contribution >= 4 is 0 Å². The van der Waals surface area contributed by atoms with Crippen molar-refractivity contribution in [1.82, 2.24) is 0 Å². The molecule has 0 aromatic carbocycles. The maximum absolute atomic E-state index is 3.65. The fourth-order valence-corrected chi connectivity index (χ4v) is 2.25. The van der Waals surface area contributed by atoms with Crippen molar-refractivity contribution in [2.75, 3.05) is 0 Å². The van der Waals surface area contributed by atoms with E-state index in [0.29, 0.717) is 0 Å². The number of rotatable bonds is 6. The zero-order chi connectivity index (χ0) is 11.6. The summed E-state index contributed by atoms with van der Waals surface area (Å²) in [4.78, 5) is 0. The van der Waals surface area contributed by atoms with Crippen LogP contribution < -0.4 is 18.9 Å². The summed E-state index contributed by atoms with van der Waals surface area (Å²) in [7, 11) is 0. The Hall–Kier alpha value is 0.0774. The van der Waals surface area contributed by atoms with Crippen LogP contribution in [-0.2, 0) is 0 Å². The molecule has 0 bridgehead atoms. The third-order valence-electron chi connectivity index (χ3n) is 3.33. The largest absolute Gasteiger partial charge is 1.00 e. The number of hydrogen-bond donors (Lipinski definition) is 0. The van der Waals surface area contributed by atoms with Gasteiger partial charge in [-0.05, 0) is 0 Å². The topological polar surface area (TPSA) is 0 Å². The SMILES string of the molecule is CCCC[C-]=C1CCCC/C1=C\CCCC.[Li+]. The van der Waals surface area contributed by atoms with Gasteiger partial charge in [0, 0.05) is 0 Å². The molecule has 0 aromatic rings. The van der Waals surface area contributed by atoms with Crippen LogP contribution in [0.25, 0.3) is 0 Å². The molecule has 0 saturated heterocycles. The molecular formula is C16H27Li. The van der Waals surface area contributed by atoms with Crippen LogP contribution in [0.15, 0.2) is 17.2 Å². The first-order valence-corrected chi connectivity index (χ1v) is 7.17. The van der Waals surface area contributed by atoms with E-state index in [4.69, 9.17) is 0 Å². The summed E-state index contributed by atoms with van der Waals surface area (Å²) in [6, 6.07) is 0. The minimum Gasteiger partial charge on any atom is -0.272 e. The van der Waals surface area contributed by atoms with Gasteiger partial charge in [0.2, 0.25) is 0 Å². The molecular weight excluding hydrogens is 199 g/mol. The molecule has 1 rings (SSSR count). The average molecular weight is 226 g/mol. The maximum atomic E-state index is 3.65. The second-order valence-electron chi connectivity index (χ2n) is 4.84. The van der Waals surface area contributed by atoms with E-state index in [-0.39, 0.29) is 18.9 Å². The Kier molecular flexibility index (Phi) is 11.2. The van der Waals surface area contributed by atoms with Crippen molar-refractivity contribution in [2.45, 2.75) is 78.1 Å². The van der Waals surface area contributed by atoms with Crippen molar-refractivity contribution < 1.29 is 18.9 Å². The monoisotopic (exact) mass is 226 g/mol. The molecule has 0 aromatic heterocycles. The van der Waals surface area contributed by atoms with E-state index in [1.165, 1.54) is 57.8 Å². The first-order chi connectivity index (χ1) is 7.88. The van der Waals surface area contributed by atoms with Crippen LogP contribution in [0.4, 0.5) is 0 Å². The second kappa shape index (κ2) is 11.2. The molecule has 92 valence electrons. The summed E-state index contributed by atoms with van der Waals surface area (Å²) in [5.74, 6) is 0. The molecule has 0 heterocycles. The van der Waals surface area contributed by atoms with E-state index >= 15 is 0 Å². The quantitative estimate of drug-likeness (QED) is 0.371. The van der Waals surface area contributed by atoms with Crippen LogP contribution >= 0.6 is 0 Å². The van der Waals surface area contributed by atoms with Crippen LogP contribution in [0.2, 0.25) is 0 Å². The van der Waals surface area contributed by atoms with Crippen molar-refractivity contribution in [2.24, 2.45) is 0 Å². The summed E-state index contributed by atoms with van der Waals surface area (Å²) in [6.45, 7) is 4.52. The number of allylic oxidation sites excluding steroid dienone is 4. The molecule has 0 nitrogen and oxygen atoms in total. The molecule has 0 radical (unpaired) electrons. The van der Waals surface area contributed by atoms with Gasteiger partial charge in [-0.25, -0.2) is 5.57 Å². The van der Waals surface area contributed by atoms with Crippen molar-refractivity contribution in [3.63, 3.8) is 0 Å². The Balaban J connectivity index is 0.00000256. The Labute approximate surface area is 120 Å². The predicted molar refractivity (Wildman–Crippen MR) is 72.4 cm³/mol. The van der Waals surface area contributed by atoms with Gasteiger partial charge < -0.3 is 0 Å². The Morgan fingerprint density at radius 3 is 2.47 bits per heavy atom. The minimum atomic E-state index is 0. The van der Waals surface area contributed by atoms with Crippen LogP contribution in [0.5, 0.6) is 0 Å². The number of unbranched alkanes of at least 4 members (excludes halogenated alkanes) is 4. The van der Waals surface area contributed by atoms with E-state index < -0.39 is 0 Å². The van der Waals surface area contributed by atoms with Crippen LogP contribution in [0, 0.1) is 6.08 Å². The summed E-state index contributed by atoms with van der Waals surface area (Å²) in [5.41, 5.74) is 3.17. The van der Waals surface area contributed by atoms with Gasteiger partial charge in [0.25, 0.3) is 0 Å². The fourth-order valence-electron chi connectivity index (χ4n) is 2.25. The molecule has 1 aliphatic carbocycles. The van der Waals surface area contributed by atoms with Crippen LogP contribution in [0.1, 0.15) is 78.1 Å². The molecule has 0 spiro atoms. The normalized spacial score (nSPS) is 20.6. The molecule has 0 unspecified atom stereocenters. The second-order valence-corrected chi connectivity index (χ2v) is 4.84. The molecule has 0 aliphatic heterocycles. The molecule has 0 amide bonds. The molecule has 1 aliphatic rings. The minimum absolute atomic E-state index is 0. The Bertz CT molecular complexity index is 212. The van der Waals surface area contributed by atoms with Gasteiger partial charge in [0.15, 0.2) is 0 Å². The summed E-state index contributed by atoms with van der Waals surface area (Å²) in [5, 5.41) is 0. The van der Waals surface area contributed by atoms with Crippen LogP contribution in [0.3, 0.4) is 0 Å². The van der Waals surface area contributed by atoms with Crippen molar-refractivity contribution in [3.8, 4) is 0 Å². The van der Waals surface area contributed by atoms with E-state index in [1.807, 2.05) is 0 Å². The first-order valence-electron chi connectivity index (χ1n) is 7.17. The molecule has 1 fully saturated rings. The van der Waals surface area contributed by atoms with Gasteiger partial charge >= 0.3 is 18.9 Å². The molecule has 0 atom stereocenters. The van der Waals surface area contributed by atoms with Gasteiger partial charge in [-0.15, -0.1) is 6.42 Å². The summed E-state index contributed by atoms with van der Waals surface area (Å²) >= 11 is 0. The molecule has 17 heavy (non-hydrogen) atoms. The average Bonchev–Trinajstić information content (AvgIpc) is 2.32. The smallest absolute Gasteiger partial charge is 0.272 e. The van der Waals surface area contributed by atoms with Crippen LogP contribution in [-0.4, -0.2) is 0 Å². The van der Waals surface area contributed by atoms with Crippen molar-refractivity contribution in [3.05, 3.63) is 23.3 Å². The van der Waals surface area contributed by atoms with Gasteiger partial charge in [-0.2, -0.15) is 11.6 Å². The maximum Gasteiger partial charge on any atom is 1.00 e. The molecule has 0 N–H and O–H groups in total. The van der Waals surface area contributed by atoms with Gasteiger partial charge in [-0.3, -0.25) is 6.08 Å². The van der Waals surface area contributed by atoms with Gasteiger partial charge in [0.05, 0.1) is 0 Å². The third kappa shape index (κ3) is 7.17. The molecule has 1 saturated carbocycles. The number of hydrogen-bond acceptors (Lipinski definition) is 0. The Morgan fingerprint density at radius 2 is 1.76 bits per heavy atom. The summed E-state index contributed by atoms with van der Waals surface area (Å²) in [6.07, 6.45) is 19.1. The first kappa shape index (κ1) is 17.1. The van der Waals surface area contributed by atoms with Crippen molar-refractivity contribution in [1.29, 1.82) is 0 Å². The van der Waals surface area contributed by atoms with Gasteiger partial charge in [-0.1, -0.05) is 71.6 Å². The molecule has 1 heteroatoms. The van der Waals surface area contributed by atoms with Gasteiger partial charge in [0.1, 0.15) is 0 Å². The van der Waals surface area contributed by atoms with E-state index in [0.717, 1.165) is 6.42 Å². The Morgan fingerprint density at radius 1 is 1.06 bits per heavy atom. The third-order valence-corrected chi connectivity index (χ3v) is 3.33. The van der Waals surface area contributed by atoms with E-state index in [1.54, 1.807) is 11.1 Å². The van der Waals surface area contributed by atoms with E-state index in [2.05, 4.69) is 26.0 Å². The zero-order valence-electron chi connectivity index (χ0n) is 12.1. The zero-order valence-corrected chi connectivity index (χ0v) is 12.1. The fraction of sp³-hybridized carbons (Fsp3) is 0.750.